The Kier molecular flexibility index (Phi) is 5.70. The van der Waals surface area contributed by atoms with Gasteiger partial charge in [0.1, 0.15) is 8.07 Å². The van der Waals surface area contributed by atoms with Crippen molar-refractivity contribution in [3.8, 4) is 0 Å². The molecule has 0 unspecified atom stereocenters. The van der Waals surface area contributed by atoms with Gasteiger partial charge >= 0.3 is 0 Å². The van der Waals surface area contributed by atoms with Crippen LogP contribution >= 0.6 is 11.3 Å². The Morgan fingerprint density at radius 3 is 1.86 bits per heavy atom. The lowest BCUT2D eigenvalue weighted by Crippen LogP contribution is -2.56. The maximum atomic E-state index is 2.82. The number of fused-ring (bicyclic) bond motifs is 1. The topological polar surface area (TPSA) is 0 Å². The first-order chi connectivity index (χ1) is 17.0. The van der Waals surface area contributed by atoms with Gasteiger partial charge in [-0.25, -0.2) is 0 Å². The molecule has 0 saturated heterocycles. The summed E-state index contributed by atoms with van der Waals surface area (Å²) in [5.41, 5.74) is 0. The largest absolute Gasteiger partial charge is 0.135 e. The summed E-state index contributed by atoms with van der Waals surface area (Å²) in [4.78, 5) is 0. The molecule has 6 rings (SSSR count). The van der Waals surface area contributed by atoms with Gasteiger partial charge in [0.25, 0.3) is 0 Å². The molecule has 36 heavy (non-hydrogen) atoms. The maximum Gasteiger partial charge on any atom is 0.119 e. The van der Waals surface area contributed by atoms with Crippen LogP contribution in [0.4, 0.5) is 0 Å². The number of rotatable bonds is 8. The maximum absolute atomic E-state index is 2.82. The van der Waals surface area contributed by atoms with Crippen LogP contribution in [-0.2, 0) is 0 Å². The quantitative estimate of drug-likeness (QED) is 0.136. The van der Waals surface area contributed by atoms with Crippen LogP contribution in [0.5, 0.6) is 0 Å². The van der Waals surface area contributed by atoms with Crippen molar-refractivity contribution in [1.82, 2.24) is 0 Å². The summed E-state index contributed by atoms with van der Waals surface area (Å²) in [6, 6.07) is 18.1. The molecule has 0 bridgehead atoms. The molecule has 0 saturated carbocycles. The molecule has 0 fully saturated rings. The second kappa shape index (κ2) is 8.26. The van der Waals surface area contributed by atoms with E-state index in [2.05, 4.69) is 101 Å². The van der Waals surface area contributed by atoms with Gasteiger partial charge in [0, 0.05) is 20.2 Å². The molecule has 0 atom stereocenters. The van der Waals surface area contributed by atoms with Crippen molar-refractivity contribution in [2.45, 2.75) is 90.9 Å². The molecule has 1 aliphatic heterocycles. The average molecular weight is 543 g/mol. The van der Waals surface area contributed by atoms with Crippen molar-refractivity contribution in [3.05, 3.63) is 36.4 Å². The molecule has 188 valence electrons. The standard InChI is InChI=1S/C32H42SSi3/c1-9-11-18-36(19-12-10-2)23-15-13-14-21-22-16-17-24(34(3,4)5)31-28(22)30-29(27(21)23)25(36)20-26(32(30)33-31)35(6,7)8/h13-17,20H,9-12,18-19H2,1-8H3. The van der Waals surface area contributed by atoms with E-state index in [-0.39, 0.29) is 0 Å². The van der Waals surface area contributed by atoms with Crippen molar-refractivity contribution < 1.29 is 0 Å². The summed E-state index contributed by atoms with van der Waals surface area (Å²) in [5, 5.41) is 16.7. The van der Waals surface area contributed by atoms with Crippen LogP contribution in [0, 0.1) is 0 Å². The Bertz CT molecular complexity index is 1620. The van der Waals surface area contributed by atoms with E-state index in [0.717, 1.165) is 0 Å². The van der Waals surface area contributed by atoms with Gasteiger partial charge in [-0.15, -0.1) is 11.3 Å². The lowest BCUT2D eigenvalue weighted by molar-refractivity contribution is 0.839. The summed E-state index contributed by atoms with van der Waals surface area (Å²) < 4.78 is 3.26. The van der Waals surface area contributed by atoms with Crippen LogP contribution in [-0.4, -0.2) is 24.2 Å². The molecule has 5 aromatic rings. The predicted molar refractivity (Wildman–Crippen MR) is 176 cm³/mol. The highest BCUT2D eigenvalue weighted by Crippen LogP contribution is 2.47. The zero-order valence-corrected chi connectivity index (χ0v) is 27.4. The minimum atomic E-state index is -1.82. The first-order valence-electron chi connectivity index (χ1n) is 14.3. The highest BCUT2D eigenvalue weighted by atomic mass is 32.1. The van der Waals surface area contributed by atoms with Crippen molar-refractivity contribution in [2.75, 3.05) is 0 Å². The van der Waals surface area contributed by atoms with Crippen molar-refractivity contribution in [2.24, 2.45) is 0 Å². The van der Waals surface area contributed by atoms with Crippen molar-refractivity contribution in [1.29, 1.82) is 0 Å². The average Bonchev–Trinajstić information content (AvgIpc) is 3.33. The summed E-state index contributed by atoms with van der Waals surface area (Å²) in [5.74, 6) is 0. The lowest BCUT2D eigenvalue weighted by Gasteiger charge is -2.32. The zero-order valence-electron chi connectivity index (χ0n) is 23.6. The second-order valence-electron chi connectivity index (χ2n) is 13.5. The Labute approximate surface area is 224 Å². The summed E-state index contributed by atoms with van der Waals surface area (Å²) in [7, 11) is -4.82. The van der Waals surface area contributed by atoms with Gasteiger partial charge < -0.3 is 0 Å². The van der Waals surface area contributed by atoms with E-state index >= 15 is 0 Å². The third kappa shape index (κ3) is 3.26. The number of thiophene rings is 1. The van der Waals surface area contributed by atoms with Gasteiger partial charge in [0.2, 0.25) is 0 Å². The Balaban J connectivity index is 1.89. The van der Waals surface area contributed by atoms with E-state index < -0.39 is 24.2 Å². The SMILES string of the molecule is CCCC[Si]1(CCCC)c2cccc3c4ccc([Si](C)(C)C)c5sc6c([Si](C)(C)C)cc1c(c23)c6c54. The zero-order chi connectivity index (χ0) is 25.6. The third-order valence-corrected chi connectivity index (χ3v) is 20.0. The fourth-order valence-corrected chi connectivity index (χ4v) is 19.3. The van der Waals surface area contributed by atoms with E-state index in [1.807, 2.05) is 5.19 Å². The smallest absolute Gasteiger partial charge is 0.119 e. The molecule has 4 heteroatoms. The van der Waals surface area contributed by atoms with Gasteiger partial charge in [-0.05, 0) is 54.4 Å². The van der Waals surface area contributed by atoms with Crippen LogP contribution in [0.1, 0.15) is 39.5 Å². The molecule has 2 heterocycles. The van der Waals surface area contributed by atoms with Gasteiger partial charge in [-0.1, -0.05) is 115 Å². The summed E-state index contributed by atoms with van der Waals surface area (Å²) in [6.45, 7) is 20.1. The van der Waals surface area contributed by atoms with Crippen LogP contribution in [0.25, 0.3) is 41.7 Å². The van der Waals surface area contributed by atoms with Crippen LogP contribution in [0.15, 0.2) is 36.4 Å². The molecular formula is C32H42SSi3. The first kappa shape index (κ1) is 24.8. The van der Waals surface area contributed by atoms with Crippen molar-refractivity contribution in [3.63, 3.8) is 0 Å². The van der Waals surface area contributed by atoms with Gasteiger partial charge in [0.15, 0.2) is 0 Å². The molecule has 1 aliphatic rings. The highest BCUT2D eigenvalue weighted by molar-refractivity contribution is 7.30. The van der Waals surface area contributed by atoms with E-state index in [9.17, 15) is 0 Å². The number of benzene rings is 4. The Hall–Kier alpha value is -1.47. The van der Waals surface area contributed by atoms with Gasteiger partial charge in [-0.3, -0.25) is 0 Å². The van der Waals surface area contributed by atoms with Crippen LogP contribution in [0.3, 0.4) is 0 Å². The molecule has 0 aliphatic carbocycles. The van der Waals surface area contributed by atoms with Gasteiger partial charge in [0.05, 0.1) is 16.1 Å². The fourth-order valence-electron chi connectivity index (χ4n) is 7.27. The molecule has 0 amide bonds. The van der Waals surface area contributed by atoms with E-state index in [4.69, 9.17) is 0 Å². The highest BCUT2D eigenvalue weighted by Gasteiger charge is 2.45. The van der Waals surface area contributed by atoms with E-state index in [0.29, 0.717) is 0 Å². The molecule has 0 nitrogen and oxygen atoms in total. The Morgan fingerprint density at radius 2 is 1.25 bits per heavy atom. The molecule has 1 aromatic heterocycles. The summed E-state index contributed by atoms with van der Waals surface area (Å²) >= 11 is 2.16. The molecule has 4 aromatic carbocycles. The van der Waals surface area contributed by atoms with Crippen LogP contribution in [0.2, 0.25) is 51.4 Å². The number of hydrogen-bond acceptors (Lipinski definition) is 1. The fraction of sp³-hybridized carbons (Fsp3) is 0.438. The number of unbranched alkanes of at least 4 members (excludes halogenated alkanes) is 2. The van der Waals surface area contributed by atoms with Crippen molar-refractivity contribution >= 4 is 98.0 Å². The van der Waals surface area contributed by atoms with E-state index in [1.54, 1.807) is 46.5 Å². The minimum Gasteiger partial charge on any atom is -0.135 e. The first-order valence-corrected chi connectivity index (χ1v) is 24.5. The third-order valence-electron chi connectivity index (χ3n) is 9.06. The molecular weight excluding hydrogens is 501 g/mol. The monoisotopic (exact) mass is 542 g/mol. The molecule has 0 radical (unpaired) electrons. The van der Waals surface area contributed by atoms with Crippen LogP contribution < -0.4 is 20.7 Å². The Morgan fingerprint density at radius 1 is 0.639 bits per heavy atom. The van der Waals surface area contributed by atoms with E-state index in [1.165, 1.54) is 48.5 Å². The normalized spacial score (nSPS) is 15.6. The predicted octanol–water partition coefficient (Wildman–Crippen LogP) is 8.37. The molecule has 0 N–H and O–H groups in total. The lowest BCUT2D eigenvalue weighted by atomic mass is 9.94. The minimum absolute atomic E-state index is 1.30. The number of hydrogen-bond donors (Lipinski definition) is 0. The second-order valence-corrected chi connectivity index (χ2v) is 28.9. The summed E-state index contributed by atoms with van der Waals surface area (Å²) in [6.07, 6.45) is 5.34. The molecule has 0 spiro atoms. The van der Waals surface area contributed by atoms with Gasteiger partial charge in [-0.2, -0.15) is 0 Å².